The largest absolute Gasteiger partial charge is 0.324 e. The lowest BCUT2D eigenvalue weighted by molar-refractivity contribution is -0.387. The zero-order chi connectivity index (χ0) is 13.0. The molecule has 1 atom stereocenters. The average Bonchev–Trinajstić information content (AvgIpc) is 2.26. The highest BCUT2D eigenvalue weighted by molar-refractivity contribution is 5.37. The smallest absolute Gasteiger partial charge is 0.305 e. The molecule has 0 spiro atoms. The summed E-state index contributed by atoms with van der Waals surface area (Å²) in [6, 6.07) is 3.55. The van der Waals surface area contributed by atoms with Gasteiger partial charge in [-0.2, -0.15) is 4.39 Å². The minimum absolute atomic E-state index is 0.281. The second-order valence-corrected chi connectivity index (χ2v) is 4.55. The van der Waals surface area contributed by atoms with Crippen LogP contribution in [-0.4, -0.2) is 4.92 Å². The van der Waals surface area contributed by atoms with Crippen molar-refractivity contribution in [1.29, 1.82) is 0 Å². The zero-order valence-electron chi connectivity index (χ0n) is 10.0. The Morgan fingerprint density at radius 3 is 2.59 bits per heavy atom. The molecule has 0 amide bonds. The summed E-state index contributed by atoms with van der Waals surface area (Å²) in [6.45, 7) is 4.17. The fourth-order valence-electron chi connectivity index (χ4n) is 1.58. The fraction of sp³-hybridized carbons (Fsp3) is 0.500. The van der Waals surface area contributed by atoms with Crippen LogP contribution in [0.5, 0.6) is 0 Å². The molecular weight excluding hydrogens is 223 g/mol. The van der Waals surface area contributed by atoms with Crippen LogP contribution < -0.4 is 5.73 Å². The molecule has 0 heterocycles. The second kappa shape index (κ2) is 5.72. The molecule has 0 radical (unpaired) electrons. The van der Waals surface area contributed by atoms with E-state index in [-0.39, 0.29) is 6.04 Å². The minimum Gasteiger partial charge on any atom is -0.324 e. The first-order chi connectivity index (χ1) is 7.91. The third-order valence-corrected chi connectivity index (χ3v) is 2.65. The topological polar surface area (TPSA) is 69.2 Å². The van der Waals surface area contributed by atoms with Gasteiger partial charge in [0, 0.05) is 12.1 Å². The van der Waals surface area contributed by atoms with Gasteiger partial charge in [0.2, 0.25) is 5.82 Å². The average molecular weight is 240 g/mol. The highest BCUT2D eigenvalue weighted by atomic mass is 19.1. The van der Waals surface area contributed by atoms with Crippen molar-refractivity contribution in [1.82, 2.24) is 0 Å². The summed E-state index contributed by atoms with van der Waals surface area (Å²) >= 11 is 0. The molecule has 0 saturated carbocycles. The maximum Gasteiger partial charge on any atom is 0.305 e. The van der Waals surface area contributed by atoms with E-state index in [9.17, 15) is 14.5 Å². The molecule has 0 aliphatic rings. The molecule has 94 valence electrons. The molecule has 2 N–H and O–H groups in total. The molecule has 1 aromatic carbocycles. The number of nitro groups is 1. The predicted molar refractivity (Wildman–Crippen MR) is 64.1 cm³/mol. The predicted octanol–water partition coefficient (Wildman–Crippen LogP) is 3.17. The number of halogens is 1. The Kier molecular flexibility index (Phi) is 4.57. The van der Waals surface area contributed by atoms with Crippen molar-refractivity contribution < 1.29 is 9.31 Å². The Hall–Kier alpha value is -1.49. The number of nitrogens with zero attached hydrogens (tertiary/aromatic N) is 1. The van der Waals surface area contributed by atoms with Gasteiger partial charge in [-0.15, -0.1) is 0 Å². The third kappa shape index (κ3) is 3.78. The summed E-state index contributed by atoms with van der Waals surface area (Å²) in [5.41, 5.74) is 6.02. The van der Waals surface area contributed by atoms with Gasteiger partial charge >= 0.3 is 5.69 Å². The lowest BCUT2D eigenvalue weighted by Crippen LogP contribution is -2.11. The van der Waals surface area contributed by atoms with Crippen LogP contribution in [0.3, 0.4) is 0 Å². The van der Waals surface area contributed by atoms with Gasteiger partial charge in [-0.3, -0.25) is 10.1 Å². The number of hydrogen-bond donors (Lipinski definition) is 1. The summed E-state index contributed by atoms with van der Waals surface area (Å²) < 4.78 is 13.1. The summed E-state index contributed by atoms with van der Waals surface area (Å²) in [5, 5.41) is 10.6. The minimum atomic E-state index is -0.824. The van der Waals surface area contributed by atoms with Gasteiger partial charge in [0.05, 0.1) is 4.92 Å². The van der Waals surface area contributed by atoms with Crippen LogP contribution in [0.4, 0.5) is 10.1 Å². The van der Waals surface area contributed by atoms with E-state index in [1.54, 1.807) is 0 Å². The van der Waals surface area contributed by atoms with Crippen molar-refractivity contribution in [3.63, 3.8) is 0 Å². The SMILES string of the molecule is CC(C)CC[C@H](N)c1ccc(F)c([N+](=O)[O-])c1. The van der Waals surface area contributed by atoms with Crippen LogP contribution in [0.25, 0.3) is 0 Å². The summed E-state index contributed by atoms with van der Waals surface area (Å²) in [6.07, 6.45) is 1.67. The molecular formula is C12H17FN2O2. The molecule has 0 aromatic heterocycles. The molecule has 0 aliphatic heterocycles. The van der Waals surface area contributed by atoms with Crippen LogP contribution in [0.2, 0.25) is 0 Å². The van der Waals surface area contributed by atoms with Gasteiger partial charge in [-0.1, -0.05) is 19.9 Å². The normalized spacial score (nSPS) is 12.8. The van der Waals surface area contributed by atoms with Gasteiger partial charge in [0.1, 0.15) is 0 Å². The summed E-state index contributed by atoms with van der Waals surface area (Å²) in [7, 11) is 0. The fourth-order valence-corrected chi connectivity index (χ4v) is 1.58. The van der Waals surface area contributed by atoms with Gasteiger partial charge < -0.3 is 5.73 Å². The highest BCUT2D eigenvalue weighted by Gasteiger charge is 2.17. The Morgan fingerprint density at radius 1 is 1.41 bits per heavy atom. The second-order valence-electron chi connectivity index (χ2n) is 4.55. The van der Waals surface area contributed by atoms with Crippen molar-refractivity contribution in [2.45, 2.75) is 32.7 Å². The highest BCUT2D eigenvalue weighted by Crippen LogP contribution is 2.24. The van der Waals surface area contributed by atoms with E-state index in [1.165, 1.54) is 12.1 Å². The van der Waals surface area contributed by atoms with E-state index in [0.29, 0.717) is 11.5 Å². The molecule has 17 heavy (non-hydrogen) atoms. The van der Waals surface area contributed by atoms with Crippen molar-refractivity contribution in [3.05, 3.63) is 39.7 Å². The summed E-state index contributed by atoms with van der Waals surface area (Å²) in [4.78, 5) is 9.86. The maximum absolute atomic E-state index is 13.1. The van der Waals surface area contributed by atoms with E-state index < -0.39 is 16.4 Å². The maximum atomic E-state index is 13.1. The van der Waals surface area contributed by atoms with E-state index in [1.807, 2.05) is 0 Å². The quantitative estimate of drug-likeness (QED) is 0.634. The van der Waals surface area contributed by atoms with Crippen molar-refractivity contribution >= 4 is 5.69 Å². The molecule has 1 rings (SSSR count). The number of hydrogen-bond acceptors (Lipinski definition) is 3. The number of rotatable bonds is 5. The van der Waals surface area contributed by atoms with Crippen molar-refractivity contribution in [2.24, 2.45) is 11.7 Å². The monoisotopic (exact) mass is 240 g/mol. The van der Waals surface area contributed by atoms with E-state index in [0.717, 1.165) is 18.9 Å². The molecule has 5 heteroatoms. The van der Waals surface area contributed by atoms with Gasteiger partial charge in [-0.25, -0.2) is 0 Å². The molecule has 0 bridgehead atoms. The first-order valence-corrected chi connectivity index (χ1v) is 5.61. The van der Waals surface area contributed by atoms with E-state index >= 15 is 0 Å². The van der Waals surface area contributed by atoms with Gasteiger partial charge in [-0.05, 0) is 30.4 Å². The van der Waals surface area contributed by atoms with Gasteiger partial charge in [0.25, 0.3) is 0 Å². The lowest BCUT2D eigenvalue weighted by atomic mass is 9.98. The van der Waals surface area contributed by atoms with Crippen LogP contribution in [0, 0.1) is 21.8 Å². The first kappa shape index (κ1) is 13.6. The number of benzene rings is 1. The van der Waals surface area contributed by atoms with Gasteiger partial charge in [0.15, 0.2) is 0 Å². The van der Waals surface area contributed by atoms with Crippen LogP contribution in [-0.2, 0) is 0 Å². The number of nitrogens with two attached hydrogens (primary N) is 1. The van der Waals surface area contributed by atoms with E-state index in [2.05, 4.69) is 13.8 Å². The summed E-state index contributed by atoms with van der Waals surface area (Å²) in [5.74, 6) is -0.300. The third-order valence-electron chi connectivity index (χ3n) is 2.65. The molecule has 0 unspecified atom stereocenters. The Bertz CT molecular complexity index is 407. The Labute approximate surface area is 99.8 Å². The van der Waals surface area contributed by atoms with Crippen LogP contribution >= 0.6 is 0 Å². The number of nitro benzene ring substituents is 1. The first-order valence-electron chi connectivity index (χ1n) is 5.61. The molecule has 0 saturated heterocycles. The van der Waals surface area contributed by atoms with Crippen molar-refractivity contribution in [2.75, 3.05) is 0 Å². The standard InChI is InChI=1S/C12H17FN2O2/c1-8(2)3-6-11(14)9-4-5-10(13)12(7-9)15(16)17/h4-5,7-8,11H,3,6,14H2,1-2H3/t11-/m0/s1. The molecule has 0 aliphatic carbocycles. The van der Waals surface area contributed by atoms with E-state index in [4.69, 9.17) is 5.73 Å². The Morgan fingerprint density at radius 2 is 2.06 bits per heavy atom. The van der Waals surface area contributed by atoms with Crippen LogP contribution in [0.15, 0.2) is 18.2 Å². The molecule has 0 fully saturated rings. The molecule has 1 aromatic rings. The van der Waals surface area contributed by atoms with Crippen molar-refractivity contribution in [3.8, 4) is 0 Å². The molecule has 4 nitrogen and oxygen atoms in total. The zero-order valence-corrected chi connectivity index (χ0v) is 10.0. The lowest BCUT2D eigenvalue weighted by Gasteiger charge is -2.13. The Balaban J connectivity index is 2.84. The van der Waals surface area contributed by atoms with Crippen LogP contribution in [0.1, 0.15) is 38.3 Å².